The number of likely N-dealkylation sites (tertiary alicyclic amines) is 2. The van der Waals surface area contributed by atoms with Crippen LogP contribution in [0.15, 0.2) is 183 Å². The number of aromatic nitrogens is 3. The van der Waals surface area contributed by atoms with Gasteiger partial charge in [-0.1, -0.05) is 76.1 Å². The first-order valence-corrected chi connectivity index (χ1v) is 35.9. The van der Waals surface area contributed by atoms with Gasteiger partial charge >= 0.3 is 0 Å². The molecule has 3 aromatic heterocycles. The predicted molar refractivity (Wildman–Crippen MR) is 408 cm³/mol. The normalized spacial score (nSPS) is 14.9. The second-order valence-electron chi connectivity index (χ2n) is 28.2. The highest BCUT2D eigenvalue weighted by molar-refractivity contribution is 5.87. The van der Waals surface area contributed by atoms with Crippen molar-refractivity contribution in [2.45, 2.75) is 110 Å². The summed E-state index contributed by atoms with van der Waals surface area (Å²) >= 11 is 0. The summed E-state index contributed by atoms with van der Waals surface area (Å²) in [5.41, 5.74) is 11.0. The minimum Gasteiger partial charge on any atom is -0.457 e. The van der Waals surface area contributed by atoms with Gasteiger partial charge in [0.2, 0.25) is 0 Å². The van der Waals surface area contributed by atoms with Crippen LogP contribution in [-0.2, 0) is 52.0 Å². The molecule has 0 spiro atoms. The van der Waals surface area contributed by atoms with Crippen LogP contribution in [0.2, 0.25) is 0 Å². The van der Waals surface area contributed by atoms with Crippen molar-refractivity contribution in [3.05, 3.63) is 232 Å². The van der Waals surface area contributed by atoms with Crippen LogP contribution in [0.3, 0.4) is 0 Å². The van der Waals surface area contributed by atoms with E-state index in [1.54, 1.807) is 36.4 Å². The van der Waals surface area contributed by atoms with E-state index in [-0.39, 0.29) is 42.3 Å². The molecule has 103 heavy (non-hydrogen) atoms. The topological polar surface area (TPSA) is 134 Å². The Labute approximate surface area is 616 Å². The van der Waals surface area contributed by atoms with Crippen LogP contribution in [0.5, 0.6) is 34.5 Å². The molecule has 0 unspecified atom stereocenters. The number of ether oxygens (including phenoxy) is 3. The third-order valence-corrected chi connectivity index (χ3v) is 19.6. The second kappa shape index (κ2) is 37.9. The highest BCUT2D eigenvalue weighted by atomic mass is 35.5. The molecule has 1 N–H and O–H groups in total. The lowest BCUT2D eigenvalue weighted by molar-refractivity contribution is 0.172. The molecule has 6 heterocycles. The van der Waals surface area contributed by atoms with E-state index < -0.39 is 0 Å². The summed E-state index contributed by atoms with van der Waals surface area (Å²) < 4.78 is 75.6. The Balaban J connectivity index is 0.000000166. The van der Waals surface area contributed by atoms with Crippen LogP contribution in [-0.4, -0.2) is 122 Å². The number of nitrogens with zero attached hydrogens (tertiary/aromatic N) is 8. The van der Waals surface area contributed by atoms with E-state index in [4.69, 9.17) is 27.8 Å². The van der Waals surface area contributed by atoms with Gasteiger partial charge in [0.05, 0.1) is 33.8 Å². The number of piperidine rings is 3. The Morgan fingerprint density at radius 1 is 0.388 bits per heavy atom. The van der Waals surface area contributed by atoms with E-state index in [9.17, 15) is 13.2 Å². The molecule has 0 amide bonds. The SMILES string of the molecule is CN(C)Cc1c(Oc2ccc(F)cc2)ccc2c(CCC3CCN(Cc4ccccc4)CC3)noc12.CN(C)Cc1c(Oc2ccc(F)cc2)ccc2c(CCC3CCN(Cc4ccccc4)CC3)noc12.CN(C)Cc1c(Oc2ccc(F)cc2)ccc2c(CCC3CCNCC3)noc12.Cl.Cl. The van der Waals surface area contributed by atoms with Crippen molar-refractivity contribution in [1.29, 1.82) is 0 Å². The monoisotopic (exact) mass is 1440 g/mol. The predicted octanol–water partition coefficient (Wildman–Crippen LogP) is 18.9. The zero-order valence-corrected chi connectivity index (χ0v) is 61.8. The highest BCUT2D eigenvalue weighted by Gasteiger charge is 2.26. The van der Waals surface area contributed by atoms with Crippen LogP contribution >= 0.6 is 24.8 Å². The maximum Gasteiger partial charge on any atom is 0.175 e. The third kappa shape index (κ3) is 21.7. The molecular weight excluding hydrogens is 1350 g/mol. The molecule has 15 nitrogen and oxygen atoms in total. The van der Waals surface area contributed by atoms with Crippen LogP contribution < -0.4 is 19.5 Å². The zero-order valence-electron chi connectivity index (χ0n) is 60.1. The molecule has 20 heteroatoms. The molecule has 14 rings (SSSR count). The second-order valence-corrected chi connectivity index (χ2v) is 28.2. The summed E-state index contributed by atoms with van der Waals surface area (Å²) in [6, 6.07) is 51.7. The molecule has 3 aliphatic heterocycles. The van der Waals surface area contributed by atoms with Crippen molar-refractivity contribution in [3.8, 4) is 34.5 Å². The van der Waals surface area contributed by atoms with Crippen molar-refractivity contribution < 1.29 is 41.0 Å². The van der Waals surface area contributed by atoms with Crippen molar-refractivity contribution in [1.82, 2.24) is 45.3 Å². The van der Waals surface area contributed by atoms with Crippen LogP contribution in [0.1, 0.15) is 103 Å². The van der Waals surface area contributed by atoms with E-state index in [0.717, 1.165) is 163 Å². The largest absolute Gasteiger partial charge is 0.457 e. The Hall–Kier alpha value is -8.30. The summed E-state index contributed by atoms with van der Waals surface area (Å²) in [4.78, 5) is 11.4. The molecule has 0 saturated carbocycles. The molecular formula is C83H98Cl2F3N9O6. The number of hydrogen-bond acceptors (Lipinski definition) is 15. The number of fused-ring (bicyclic) bond motifs is 3. The van der Waals surface area contributed by atoms with Gasteiger partial charge in [0.1, 0.15) is 51.9 Å². The first-order valence-electron chi connectivity index (χ1n) is 35.9. The Kier molecular flexibility index (Phi) is 28.5. The van der Waals surface area contributed by atoms with E-state index >= 15 is 0 Å². The van der Waals surface area contributed by atoms with Crippen molar-refractivity contribution >= 4 is 57.7 Å². The molecule has 0 atom stereocenters. The van der Waals surface area contributed by atoms with Crippen LogP contribution in [0.25, 0.3) is 32.9 Å². The van der Waals surface area contributed by atoms with Gasteiger partial charge < -0.3 is 47.8 Å². The van der Waals surface area contributed by atoms with Crippen LogP contribution in [0.4, 0.5) is 13.2 Å². The van der Waals surface area contributed by atoms with Crippen molar-refractivity contribution in [2.75, 3.05) is 81.6 Å². The maximum atomic E-state index is 13.3. The molecule has 11 aromatic rings. The number of nitrogens with one attached hydrogen (secondary N) is 1. The Morgan fingerprint density at radius 2 is 0.680 bits per heavy atom. The fourth-order valence-corrected chi connectivity index (χ4v) is 14.1. The lowest BCUT2D eigenvalue weighted by Gasteiger charge is -2.31. The van der Waals surface area contributed by atoms with Gasteiger partial charge in [-0.3, -0.25) is 9.80 Å². The van der Waals surface area contributed by atoms with Crippen molar-refractivity contribution in [3.63, 3.8) is 0 Å². The highest BCUT2D eigenvalue weighted by Crippen LogP contribution is 2.39. The van der Waals surface area contributed by atoms with E-state index in [1.807, 2.05) is 78.7 Å². The zero-order chi connectivity index (χ0) is 70.0. The smallest absolute Gasteiger partial charge is 0.175 e. The first-order chi connectivity index (χ1) is 49.2. The molecule has 546 valence electrons. The minimum atomic E-state index is -0.284. The summed E-state index contributed by atoms with van der Waals surface area (Å²) in [6.45, 7) is 10.9. The first kappa shape index (κ1) is 77.3. The summed E-state index contributed by atoms with van der Waals surface area (Å²) in [6.07, 6.45) is 13.5. The molecule has 3 saturated heterocycles. The fourth-order valence-electron chi connectivity index (χ4n) is 14.1. The Bertz CT molecular complexity index is 4170. The molecule has 0 aliphatic carbocycles. The lowest BCUT2D eigenvalue weighted by Crippen LogP contribution is -2.33. The summed E-state index contributed by atoms with van der Waals surface area (Å²) in [7, 11) is 12.1. The lowest BCUT2D eigenvalue weighted by atomic mass is 9.91. The number of benzene rings is 8. The molecule has 3 aliphatic rings. The minimum absolute atomic E-state index is 0. The van der Waals surface area contributed by atoms with Gasteiger partial charge in [-0.05, 0) is 297 Å². The van der Waals surface area contributed by atoms with E-state index in [1.165, 1.54) is 86.1 Å². The Morgan fingerprint density at radius 3 is 0.971 bits per heavy atom. The standard InChI is InChI=1S/2C30H34FN3O2.C23H28FN3O2.2ClH/c2*1-33(2)21-27-29(35-25-11-9-24(31)10-12-25)15-13-26-28(32-36-30(26)27)14-8-22-16-18-34(19-17-22)20-23-6-4-3-5-7-23;1-27(2)15-20-22(28-18-6-4-17(24)5-7-18)10-8-19-21(26-29-23(19)20)9-3-16-11-13-25-14-12-16;;/h2*3-7,9-13,15,22H,8,14,16-21H2,1-2H3;4-8,10,16,25H,3,9,11-15H2,1-2H3;2*1H. The number of hydrogen-bond donors (Lipinski definition) is 1. The molecule has 8 aromatic carbocycles. The van der Waals surface area contributed by atoms with Gasteiger partial charge in [0.15, 0.2) is 16.7 Å². The quantitative estimate of drug-likeness (QED) is 0.0581. The van der Waals surface area contributed by atoms with Gasteiger partial charge in [-0.15, -0.1) is 24.8 Å². The summed E-state index contributed by atoms with van der Waals surface area (Å²) in [5, 5.41) is 19.9. The van der Waals surface area contributed by atoms with Gasteiger partial charge in [-0.25, -0.2) is 13.2 Å². The van der Waals surface area contributed by atoms with E-state index in [2.05, 4.69) is 106 Å². The third-order valence-electron chi connectivity index (χ3n) is 19.6. The number of aryl methyl sites for hydroxylation is 3. The average Bonchev–Trinajstić information content (AvgIpc) is 1.68. The number of halogens is 5. The summed E-state index contributed by atoms with van der Waals surface area (Å²) in [5.74, 6) is 5.23. The molecule has 3 fully saturated rings. The average molecular weight is 1450 g/mol. The fraction of sp³-hybridized carbons (Fsp3) is 0.386. The van der Waals surface area contributed by atoms with Crippen molar-refractivity contribution in [2.24, 2.45) is 17.8 Å². The molecule has 0 radical (unpaired) electrons. The maximum absolute atomic E-state index is 13.3. The van der Waals surface area contributed by atoms with Crippen LogP contribution in [0, 0.1) is 35.2 Å². The molecule has 0 bridgehead atoms. The van der Waals surface area contributed by atoms with Gasteiger partial charge in [0.25, 0.3) is 0 Å². The van der Waals surface area contributed by atoms with Gasteiger partial charge in [-0.2, -0.15) is 0 Å². The van der Waals surface area contributed by atoms with Gasteiger partial charge in [0, 0.05) is 48.9 Å². The number of rotatable bonds is 25. The van der Waals surface area contributed by atoms with E-state index in [0.29, 0.717) is 66.0 Å².